The van der Waals surface area contributed by atoms with Gasteiger partial charge in [0.05, 0.1) is 28.8 Å². The van der Waals surface area contributed by atoms with Crippen LogP contribution in [-0.2, 0) is 0 Å². The van der Waals surface area contributed by atoms with Crippen molar-refractivity contribution in [3.8, 4) is 22.6 Å². The maximum atomic E-state index is 11.7. The number of carbonyl (C=O) groups is 1. The first-order valence-corrected chi connectivity index (χ1v) is 8.89. The maximum absolute atomic E-state index is 11.7. The average molecular weight is 380 g/mol. The quantitative estimate of drug-likeness (QED) is 0.786. The summed E-state index contributed by atoms with van der Waals surface area (Å²) in [6.45, 7) is 0. The Kier molecular flexibility index (Phi) is 5.40. The molecule has 0 heterocycles. The summed E-state index contributed by atoms with van der Waals surface area (Å²) in [7, 11) is 1.61. The molecule has 25 heavy (non-hydrogen) atoms. The van der Waals surface area contributed by atoms with E-state index in [4.69, 9.17) is 38.4 Å². The molecule has 2 aromatic carbocycles. The van der Waals surface area contributed by atoms with Crippen molar-refractivity contribution >= 4 is 29.1 Å². The summed E-state index contributed by atoms with van der Waals surface area (Å²) in [5.74, 6) is 0.525. The zero-order valence-corrected chi connectivity index (χ0v) is 15.4. The van der Waals surface area contributed by atoms with E-state index in [-0.39, 0.29) is 21.7 Å². The summed E-state index contributed by atoms with van der Waals surface area (Å²) in [6.07, 6.45) is 4.25. The molecule has 4 nitrogen and oxygen atoms in total. The largest absolute Gasteiger partial charge is 0.497 e. The van der Waals surface area contributed by atoms with Crippen molar-refractivity contribution < 1.29 is 14.3 Å². The van der Waals surface area contributed by atoms with Gasteiger partial charge in [0.25, 0.3) is 5.91 Å². The predicted octanol–water partition coefficient (Wildman–Crippen LogP) is 5.09. The first kappa shape index (κ1) is 17.9. The van der Waals surface area contributed by atoms with Gasteiger partial charge in [-0.1, -0.05) is 35.3 Å². The van der Waals surface area contributed by atoms with Crippen LogP contribution in [0.25, 0.3) is 11.1 Å². The highest BCUT2D eigenvalue weighted by atomic mass is 35.5. The molecule has 0 saturated heterocycles. The van der Waals surface area contributed by atoms with Gasteiger partial charge in [-0.05, 0) is 49.4 Å². The van der Waals surface area contributed by atoms with Crippen LogP contribution in [-0.4, -0.2) is 19.1 Å². The third-order valence-electron chi connectivity index (χ3n) is 4.41. The van der Waals surface area contributed by atoms with Crippen molar-refractivity contribution in [3.05, 3.63) is 45.9 Å². The molecule has 1 saturated carbocycles. The molecule has 2 aromatic rings. The minimum atomic E-state index is -0.674. The lowest BCUT2D eigenvalue weighted by Gasteiger charge is -2.20. The predicted molar refractivity (Wildman–Crippen MR) is 99.9 cm³/mol. The van der Waals surface area contributed by atoms with Crippen LogP contribution in [0.5, 0.6) is 11.5 Å². The molecular weight excluding hydrogens is 361 g/mol. The Labute approximate surface area is 156 Å². The highest BCUT2D eigenvalue weighted by Crippen LogP contribution is 2.44. The molecule has 0 spiro atoms. The molecule has 3 rings (SSSR count). The summed E-state index contributed by atoms with van der Waals surface area (Å²) >= 11 is 12.7. The van der Waals surface area contributed by atoms with Gasteiger partial charge < -0.3 is 15.2 Å². The SMILES string of the molecule is COc1ccc(-c2cc(Cl)c(C(N)=O)c(Cl)c2OC2CCCC2)cc1. The molecule has 0 aromatic heterocycles. The van der Waals surface area contributed by atoms with Crippen LogP contribution >= 0.6 is 23.2 Å². The van der Waals surface area contributed by atoms with Crippen LogP contribution in [0.3, 0.4) is 0 Å². The van der Waals surface area contributed by atoms with Crippen molar-refractivity contribution in [1.29, 1.82) is 0 Å². The van der Waals surface area contributed by atoms with E-state index in [2.05, 4.69) is 0 Å². The Balaban J connectivity index is 2.12. The number of nitrogens with two attached hydrogens (primary N) is 1. The molecule has 0 radical (unpaired) electrons. The Morgan fingerprint density at radius 3 is 2.36 bits per heavy atom. The van der Waals surface area contributed by atoms with Gasteiger partial charge in [0.1, 0.15) is 11.5 Å². The summed E-state index contributed by atoms with van der Waals surface area (Å²) in [6, 6.07) is 9.16. The monoisotopic (exact) mass is 379 g/mol. The third-order valence-corrected chi connectivity index (χ3v) is 5.07. The van der Waals surface area contributed by atoms with Crippen molar-refractivity contribution in [1.82, 2.24) is 0 Å². The van der Waals surface area contributed by atoms with Crippen molar-refractivity contribution in [2.75, 3.05) is 7.11 Å². The normalized spacial score (nSPS) is 14.5. The molecular formula is C19H19Cl2NO3. The number of rotatable bonds is 5. The number of hydrogen-bond acceptors (Lipinski definition) is 3. The topological polar surface area (TPSA) is 61.5 Å². The van der Waals surface area contributed by atoms with E-state index in [1.165, 1.54) is 0 Å². The molecule has 2 N–H and O–H groups in total. The van der Waals surface area contributed by atoms with Gasteiger partial charge in [0, 0.05) is 5.56 Å². The molecule has 0 unspecified atom stereocenters. The number of hydrogen-bond donors (Lipinski definition) is 1. The van der Waals surface area contributed by atoms with Gasteiger partial charge in [0.15, 0.2) is 0 Å². The van der Waals surface area contributed by atoms with Crippen LogP contribution in [0.1, 0.15) is 36.0 Å². The molecule has 0 aliphatic heterocycles. The van der Waals surface area contributed by atoms with Crippen molar-refractivity contribution in [2.45, 2.75) is 31.8 Å². The number of methoxy groups -OCH3 is 1. The lowest BCUT2D eigenvalue weighted by atomic mass is 10.0. The van der Waals surface area contributed by atoms with Crippen molar-refractivity contribution in [3.63, 3.8) is 0 Å². The Bertz CT molecular complexity index is 784. The maximum Gasteiger partial charge on any atom is 0.251 e. The summed E-state index contributed by atoms with van der Waals surface area (Å²) < 4.78 is 11.4. The van der Waals surface area contributed by atoms with Crippen molar-refractivity contribution in [2.24, 2.45) is 5.73 Å². The number of amides is 1. The minimum Gasteiger partial charge on any atom is -0.497 e. The molecule has 0 atom stereocenters. The van der Waals surface area contributed by atoms with Gasteiger partial charge in [-0.3, -0.25) is 4.79 Å². The third kappa shape index (κ3) is 3.70. The minimum absolute atomic E-state index is 0.0800. The van der Waals surface area contributed by atoms with Gasteiger partial charge in [-0.15, -0.1) is 0 Å². The Morgan fingerprint density at radius 1 is 1.16 bits per heavy atom. The molecule has 1 aliphatic rings. The van der Waals surface area contributed by atoms with Gasteiger partial charge in [-0.2, -0.15) is 0 Å². The van der Waals surface area contributed by atoms with Gasteiger partial charge >= 0.3 is 0 Å². The lowest BCUT2D eigenvalue weighted by Crippen LogP contribution is -2.16. The molecule has 1 fully saturated rings. The summed E-state index contributed by atoms with van der Waals surface area (Å²) in [5.41, 5.74) is 7.13. The average Bonchev–Trinajstić information content (AvgIpc) is 3.10. The molecule has 1 amide bonds. The fourth-order valence-electron chi connectivity index (χ4n) is 3.10. The van der Waals surface area contributed by atoms with E-state index in [1.807, 2.05) is 24.3 Å². The second-order valence-electron chi connectivity index (χ2n) is 6.04. The highest BCUT2D eigenvalue weighted by Gasteiger charge is 2.25. The van der Waals surface area contributed by atoms with E-state index < -0.39 is 5.91 Å². The summed E-state index contributed by atoms with van der Waals surface area (Å²) in [5, 5.41) is 0.375. The van der Waals surface area contributed by atoms with Crippen LogP contribution in [0.15, 0.2) is 30.3 Å². The second-order valence-corrected chi connectivity index (χ2v) is 6.83. The fraction of sp³-hybridized carbons (Fsp3) is 0.316. The molecule has 132 valence electrons. The molecule has 6 heteroatoms. The molecule has 1 aliphatic carbocycles. The first-order chi connectivity index (χ1) is 12.0. The van der Waals surface area contributed by atoms with E-state index in [0.29, 0.717) is 5.75 Å². The zero-order valence-electron chi connectivity index (χ0n) is 13.9. The van der Waals surface area contributed by atoms with Gasteiger partial charge in [0.2, 0.25) is 0 Å². The first-order valence-electron chi connectivity index (χ1n) is 8.14. The zero-order chi connectivity index (χ0) is 18.0. The van der Waals surface area contributed by atoms with Crippen LogP contribution in [0.2, 0.25) is 10.0 Å². The van der Waals surface area contributed by atoms with E-state index in [1.54, 1.807) is 13.2 Å². The fourth-order valence-corrected chi connectivity index (χ4v) is 3.79. The Hall–Kier alpha value is -1.91. The van der Waals surface area contributed by atoms with Crippen LogP contribution < -0.4 is 15.2 Å². The number of benzene rings is 2. The number of ether oxygens (including phenoxy) is 2. The number of carbonyl (C=O) groups excluding carboxylic acids is 1. The highest BCUT2D eigenvalue weighted by molar-refractivity contribution is 6.41. The lowest BCUT2D eigenvalue weighted by molar-refractivity contribution is 0.0999. The number of primary amides is 1. The van der Waals surface area contributed by atoms with E-state index in [0.717, 1.165) is 42.6 Å². The standard InChI is InChI=1S/C19H19Cl2NO3/c1-24-12-8-6-11(7-9-12)14-10-15(20)16(19(22)23)17(21)18(14)25-13-4-2-3-5-13/h6-10,13H,2-5H2,1H3,(H2,22,23). The van der Waals surface area contributed by atoms with E-state index in [9.17, 15) is 4.79 Å². The number of halogens is 2. The van der Waals surface area contributed by atoms with Crippen LogP contribution in [0.4, 0.5) is 0 Å². The van der Waals surface area contributed by atoms with Crippen LogP contribution in [0, 0.1) is 0 Å². The smallest absolute Gasteiger partial charge is 0.251 e. The molecule has 0 bridgehead atoms. The summed E-state index contributed by atoms with van der Waals surface area (Å²) in [4.78, 5) is 11.7. The van der Waals surface area contributed by atoms with E-state index >= 15 is 0 Å². The van der Waals surface area contributed by atoms with Gasteiger partial charge in [-0.25, -0.2) is 0 Å². The second kappa shape index (κ2) is 7.54. The Morgan fingerprint density at radius 2 is 1.80 bits per heavy atom.